The van der Waals surface area contributed by atoms with Gasteiger partial charge in [0, 0.05) is 11.0 Å². The molecule has 4 aliphatic rings. The molecule has 0 aliphatic heterocycles. The molecule has 0 spiro atoms. The van der Waals surface area contributed by atoms with Gasteiger partial charge in [0.25, 0.3) is 0 Å². The number of rotatable bonds is 0. The Kier molecular flexibility index (Phi) is 3.09. The van der Waals surface area contributed by atoms with E-state index in [4.69, 9.17) is 6.42 Å². The van der Waals surface area contributed by atoms with Crippen LogP contribution in [-0.2, 0) is 0 Å². The van der Waals surface area contributed by atoms with Crippen molar-refractivity contribution in [2.75, 3.05) is 0 Å². The number of fused-ring (bicyclic) bond motifs is 5. The number of aliphatic hydroxyl groups is 1. The first kappa shape index (κ1) is 13.6. The molecule has 1 nitrogen and oxygen atoms in total. The first-order valence-corrected chi connectivity index (χ1v) is 8.69. The van der Waals surface area contributed by atoms with Crippen LogP contribution in [0.2, 0.25) is 0 Å². The Hall–Kier alpha value is -1.00. The first-order valence-electron chi connectivity index (χ1n) is 8.69. The summed E-state index contributed by atoms with van der Waals surface area (Å²) in [5, 5.41) is 9.90. The summed E-state index contributed by atoms with van der Waals surface area (Å²) in [5.41, 5.74) is 3.14. The molecular formula is C20H26O. The highest BCUT2D eigenvalue weighted by Crippen LogP contribution is 2.61. The van der Waals surface area contributed by atoms with E-state index in [0.29, 0.717) is 0 Å². The Labute approximate surface area is 128 Å². The molecule has 21 heavy (non-hydrogen) atoms. The van der Waals surface area contributed by atoms with E-state index in [-0.39, 0.29) is 11.5 Å². The highest BCUT2D eigenvalue weighted by molar-refractivity contribution is 5.38. The smallest absolute Gasteiger partial charge is 0.0723 e. The van der Waals surface area contributed by atoms with Gasteiger partial charge >= 0.3 is 0 Å². The van der Waals surface area contributed by atoms with Gasteiger partial charge in [-0.1, -0.05) is 30.6 Å². The molecule has 112 valence electrons. The van der Waals surface area contributed by atoms with Gasteiger partial charge < -0.3 is 5.11 Å². The van der Waals surface area contributed by atoms with Gasteiger partial charge in [-0.15, -0.1) is 6.42 Å². The zero-order chi connectivity index (χ0) is 14.6. The van der Waals surface area contributed by atoms with Crippen LogP contribution in [-0.4, -0.2) is 11.2 Å². The van der Waals surface area contributed by atoms with E-state index >= 15 is 0 Å². The van der Waals surface area contributed by atoms with Gasteiger partial charge in [-0.3, -0.25) is 0 Å². The lowest BCUT2D eigenvalue weighted by Gasteiger charge is -2.53. The Bertz CT molecular complexity index is 549. The third-order valence-electron chi connectivity index (χ3n) is 7.17. The lowest BCUT2D eigenvalue weighted by Crippen LogP contribution is -2.45. The highest BCUT2D eigenvalue weighted by atomic mass is 16.3. The normalized spacial score (nSPS) is 48.3. The fourth-order valence-corrected chi connectivity index (χ4v) is 6.10. The lowest BCUT2D eigenvalue weighted by molar-refractivity contribution is 0.00629. The molecule has 1 heteroatoms. The molecule has 0 aromatic carbocycles. The number of allylic oxidation sites excluding steroid dienone is 3. The van der Waals surface area contributed by atoms with Crippen molar-refractivity contribution in [2.24, 2.45) is 29.1 Å². The molecular weight excluding hydrogens is 256 g/mol. The van der Waals surface area contributed by atoms with Crippen LogP contribution in [0.15, 0.2) is 23.3 Å². The van der Waals surface area contributed by atoms with E-state index in [2.05, 4.69) is 25.0 Å². The van der Waals surface area contributed by atoms with Crippen LogP contribution in [0.1, 0.15) is 51.9 Å². The van der Waals surface area contributed by atoms with Crippen molar-refractivity contribution >= 4 is 0 Å². The van der Waals surface area contributed by atoms with Crippen molar-refractivity contribution in [3.05, 3.63) is 23.3 Å². The number of terminal acetylenes is 1. The molecule has 2 fully saturated rings. The SMILES string of the molecule is C#CC1=CCC2C3CCC4=C[C@@H](O)CC[C@@H]4C3CC[C@]12C. The molecule has 3 unspecified atom stereocenters. The summed E-state index contributed by atoms with van der Waals surface area (Å²) in [4.78, 5) is 0. The van der Waals surface area contributed by atoms with E-state index in [1.807, 2.05) is 0 Å². The molecule has 0 saturated heterocycles. The van der Waals surface area contributed by atoms with Gasteiger partial charge in [0.15, 0.2) is 0 Å². The summed E-state index contributed by atoms with van der Waals surface area (Å²) in [7, 11) is 0. The average Bonchev–Trinajstić information content (AvgIpc) is 2.83. The van der Waals surface area contributed by atoms with Gasteiger partial charge in [0.1, 0.15) is 0 Å². The highest BCUT2D eigenvalue weighted by Gasteiger charge is 2.53. The Morgan fingerprint density at radius 2 is 2.10 bits per heavy atom. The minimum atomic E-state index is -0.178. The zero-order valence-electron chi connectivity index (χ0n) is 13.0. The maximum atomic E-state index is 9.90. The summed E-state index contributed by atoms with van der Waals surface area (Å²) >= 11 is 0. The maximum Gasteiger partial charge on any atom is 0.0723 e. The Morgan fingerprint density at radius 1 is 1.24 bits per heavy atom. The van der Waals surface area contributed by atoms with Crippen LogP contribution < -0.4 is 0 Å². The van der Waals surface area contributed by atoms with Crippen LogP contribution >= 0.6 is 0 Å². The van der Waals surface area contributed by atoms with Crippen molar-refractivity contribution < 1.29 is 5.11 Å². The molecule has 6 atom stereocenters. The summed E-state index contributed by atoms with van der Waals surface area (Å²) < 4.78 is 0. The van der Waals surface area contributed by atoms with Gasteiger partial charge in [0.2, 0.25) is 0 Å². The van der Waals surface area contributed by atoms with Gasteiger partial charge in [0.05, 0.1) is 6.10 Å². The molecule has 1 N–H and O–H groups in total. The third-order valence-corrected chi connectivity index (χ3v) is 7.17. The maximum absolute atomic E-state index is 9.90. The summed E-state index contributed by atoms with van der Waals surface area (Å²) in [5.74, 6) is 6.21. The van der Waals surface area contributed by atoms with E-state index in [1.54, 1.807) is 5.57 Å². The minimum absolute atomic E-state index is 0.178. The molecule has 0 bridgehead atoms. The molecule has 4 aliphatic carbocycles. The quantitative estimate of drug-likeness (QED) is 0.524. The summed E-state index contributed by atoms with van der Waals surface area (Å²) in [6.07, 6.45) is 18.6. The fourth-order valence-electron chi connectivity index (χ4n) is 6.10. The lowest BCUT2D eigenvalue weighted by atomic mass is 9.51. The second-order valence-electron chi connectivity index (χ2n) is 7.92. The van der Waals surface area contributed by atoms with Crippen LogP contribution in [0.25, 0.3) is 0 Å². The fraction of sp³-hybridized carbons (Fsp3) is 0.700. The van der Waals surface area contributed by atoms with Crippen LogP contribution in [0.4, 0.5) is 0 Å². The van der Waals surface area contributed by atoms with Gasteiger partial charge in [-0.2, -0.15) is 0 Å². The standard InChI is InChI=1S/C20H26O/c1-3-14-5-9-19-18-7-4-13-12-15(21)6-8-16(13)17(18)10-11-20(14,19)2/h1,5,12,15-19,21H,4,6-11H2,2H3/t15-,16-,17?,18?,19?,20+/m0/s1. The minimum Gasteiger partial charge on any atom is -0.389 e. The number of hydrogen-bond donors (Lipinski definition) is 1. The monoisotopic (exact) mass is 282 g/mol. The van der Waals surface area contributed by atoms with E-state index in [0.717, 1.165) is 30.1 Å². The van der Waals surface area contributed by atoms with Crippen molar-refractivity contribution in [3.63, 3.8) is 0 Å². The van der Waals surface area contributed by atoms with Crippen LogP contribution in [0.3, 0.4) is 0 Å². The zero-order valence-corrected chi connectivity index (χ0v) is 13.0. The average molecular weight is 282 g/mol. The Morgan fingerprint density at radius 3 is 2.90 bits per heavy atom. The van der Waals surface area contributed by atoms with Gasteiger partial charge in [-0.25, -0.2) is 0 Å². The van der Waals surface area contributed by atoms with Crippen molar-refractivity contribution in [1.82, 2.24) is 0 Å². The third kappa shape index (κ3) is 1.88. The Balaban J connectivity index is 1.62. The first-order chi connectivity index (χ1) is 10.1. The van der Waals surface area contributed by atoms with Crippen molar-refractivity contribution in [3.8, 4) is 12.3 Å². The molecule has 2 saturated carbocycles. The predicted molar refractivity (Wildman–Crippen MR) is 85.4 cm³/mol. The van der Waals surface area contributed by atoms with Crippen molar-refractivity contribution in [2.45, 2.75) is 58.0 Å². The largest absolute Gasteiger partial charge is 0.389 e. The molecule has 4 rings (SSSR count). The second-order valence-corrected chi connectivity index (χ2v) is 7.92. The molecule has 0 aromatic heterocycles. The van der Waals surface area contributed by atoms with E-state index in [9.17, 15) is 5.11 Å². The number of aliphatic hydroxyl groups excluding tert-OH is 1. The summed E-state index contributed by atoms with van der Waals surface area (Å²) in [6, 6.07) is 0. The predicted octanol–water partition coefficient (Wildman–Crippen LogP) is 4.09. The van der Waals surface area contributed by atoms with Crippen molar-refractivity contribution in [1.29, 1.82) is 0 Å². The number of hydrogen-bond acceptors (Lipinski definition) is 1. The van der Waals surface area contributed by atoms with Crippen LogP contribution in [0.5, 0.6) is 0 Å². The molecule has 0 amide bonds. The van der Waals surface area contributed by atoms with E-state index < -0.39 is 0 Å². The van der Waals surface area contributed by atoms with Crippen LogP contribution in [0, 0.1) is 41.4 Å². The molecule has 0 heterocycles. The topological polar surface area (TPSA) is 20.2 Å². The van der Waals surface area contributed by atoms with Gasteiger partial charge in [-0.05, 0) is 68.6 Å². The second kappa shape index (κ2) is 4.75. The molecule has 0 aromatic rings. The van der Waals surface area contributed by atoms with E-state index in [1.165, 1.54) is 44.1 Å². The summed E-state index contributed by atoms with van der Waals surface area (Å²) in [6.45, 7) is 2.42. The molecule has 0 radical (unpaired) electrons.